The van der Waals surface area contributed by atoms with E-state index in [1.165, 1.54) is 32.1 Å². The van der Waals surface area contributed by atoms with E-state index in [-0.39, 0.29) is 0 Å². The van der Waals surface area contributed by atoms with Crippen molar-refractivity contribution in [3.63, 3.8) is 0 Å². The molecule has 0 spiro atoms. The minimum atomic E-state index is 0.646. The Labute approximate surface area is 87.9 Å². The topological polar surface area (TPSA) is 12.5 Å². The highest BCUT2D eigenvalue weighted by Gasteiger charge is 2.21. The average molecular weight is 197 g/mol. The molecule has 0 aliphatic carbocycles. The Morgan fingerprint density at radius 3 is 2.93 bits per heavy atom. The predicted octanol–water partition coefficient (Wildman–Crippen LogP) is 3.15. The molecule has 0 amide bonds. The van der Waals surface area contributed by atoms with E-state index in [0.717, 1.165) is 12.1 Å². The number of hydrogen-bond acceptors (Lipinski definition) is 2. The molecule has 2 nitrogen and oxygen atoms in total. The molecule has 1 atom stereocenters. The van der Waals surface area contributed by atoms with Gasteiger partial charge in [0.15, 0.2) is 0 Å². The van der Waals surface area contributed by atoms with E-state index in [1.54, 1.807) is 0 Å². The van der Waals surface area contributed by atoms with Crippen molar-refractivity contribution in [2.24, 2.45) is 0 Å². The summed E-state index contributed by atoms with van der Waals surface area (Å²) in [6.45, 7) is 9.89. The lowest BCUT2D eigenvalue weighted by molar-refractivity contribution is -0.192. The largest absolute Gasteiger partial charge is 0.294 e. The van der Waals surface area contributed by atoms with Gasteiger partial charge in [-0.2, -0.15) is 5.06 Å². The summed E-state index contributed by atoms with van der Waals surface area (Å²) in [6, 6.07) is 0.646. The van der Waals surface area contributed by atoms with Crippen molar-refractivity contribution >= 4 is 0 Å². The fourth-order valence-electron chi connectivity index (χ4n) is 1.96. The second-order valence-corrected chi connectivity index (χ2v) is 4.31. The average Bonchev–Trinajstić information content (AvgIpc) is 2.17. The van der Waals surface area contributed by atoms with Crippen molar-refractivity contribution in [1.29, 1.82) is 0 Å². The molecule has 82 valence electrons. The summed E-state index contributed by atoms with van der Waals surface area (Å²) in [5, 5.41) is 2.18. The highest BCUT2D eigenvalue weighted by atomic mass is 16.7. The molecular formula is C12H23NO. The lowest BCUT2D eigenvalue weighted by atomic mass is 10.0. The van der Waals surface area contributed by atoms with Gasteiger partial charge in [-0.25, -0.2) is 0 Å². The van der Waals surface area contributed by atoms with Gasteiger partial charge in [-0.3, -0.25) is 4.84 Å². The maximum absolute atomic E-state index is 5.74. The van der Waals surface area contributed by atoms with Crippen LogP contribution >= 0.6 is 0 Å². The Hall–Kier alpha value is -0.340. The van der Waals surface area contributed by atoms with Gasteiger partial charge in [-0.05, 0) is 26.2 Å². The van der Waals surface area contributed by atoms with Gasteiger partial charge in [-0.15, -0.1) is 0 Å². The van der Waals surface area contributed by atoms with Gasteiger partial charge in [0, 0.05) is 12.6 Å². The number of nitrogens with zero attached hydrogens (tertiary/aromatic N) is 1. The van der Waals surface area contributed by atoms with Crippen LogP contribution in [0.25, 0.3) is 0 Å². The molecule has 1 heterocycles. The van der Waals surface area contributed by atoms with E-state index < -0.39 is 0 Å². The van der Waals surface area contributed by atoms with Crippen LogP contribution in [0.1, 0.15) is 46.0 Å². The summed E-state index contributed by atoms with van der Waals surface area (Å²) < 4.78 is 0. The quantitative estimate of drug-likeness (QED) is 0.628. The standard InChI is InChI=1S/C12H23NO/c1-4-7-12-8-5-6-9-13(12)14-10-11(2)3/h12H,2,4-10H2,1,3H3. The Morgan fingerprint density at radius 2 is 2.29 bits per heavy atom. The Balaban J connectivity index is 2.33. The molecule has 0 aromatic rings. The lowest BCUT2D eigenvalue weighted by Gasteiger charge is -2.34. The number of hydroxylamine groups is 2. The van der Waals surface area contributed by atoms with E-state index in [9.17, 15) is 0 Å². The van der Waals surface area contributed by atoms with E-state index in [0.29, 0.717) is 12.6 Å². The van der Waals surface area contributed by atoms with Crippen LogP contribution in [0.5, 0.6) is 0 Å². The van der Waals surface area contributed by atoms with Gasteiger partial charge >= 0.3 is 0 Å². The fourth-order valence-corrected chi connectivity index (χ4v) is 1.96. The molecule has 1 unspecified atom stereocenters. The van der Waals surface area contributed by atoms with E-state index in [1.807, 2.05) is 6.92 Å². The predicted molar refractivity (Wildman–Crippen MR) is 60.0 cm³/mol. The SMILES string of the molecule is C=C(C)CON1CCCCC1CCC. The molecule has 1 aliphatic heterocycles. The second-order valence-electron chi connectivity index (χ2n) is 4.31. The molecule has 0 aromatic carbocycles. The zero-order valence-corrected chi connectivity index (χ0v) is 9.59. The van der Waals surface area contributed by atoms with Crippen molar-refractivity contribution in [3.8, 4) is 0 Å². The minimum Gasteiger partial charge on any atom is -0.294 e. The maximum atomic E-state index is 5.74. The third-order valence-electron chi connectivity index (χ3n) is 2.67. The third kappa shape index (κ3) is 3.81. The molecule has 0 aromatic heterocycles. The molecule has 14 heavy (non-hydrogen) atoms. The van der Waals surface area contributed by atoms with E-state index in [2.05, 4.69) is 18.6 Å². The lowest BCUT2D eigenvalue weighted by Crippen LogP contribution is -2.39. The first-order valence-electron chi connectivity index (χ1n) is 5.78. The van der Waals surface area contributed by atoms with Gasteiger partial charge in [0.2, 0.25) is 0 Å². The van der Waals surface area contributed by atoms with E-state index >= 15 is 0 Å². The smallest absolute Gasteiger partial charge is 0.0890 e. The molecule has 0 saturated carbocycles. The summed E-state index contributed by atoms with van der Waals surface area (Å²) in [4.78, 5) is 5.74. The Bertz CT molecular complexity index is 177. The zero-order valence-electron chi connectivity index (χ0n) is 9.59. The van der Waals surface area contributed by atoms with Gasteiger partial charge in [-0.1, -0.05) is 31.9 Å². The molecule has 0 bridgehead atoms. The fraction of sp³-hybridized carbons (Fsp3) is 0.833. The van der Waals surface area contributed by atoms with Crippen molar-refractivity contribution in [2.45, 2.75) is 52.0 Å². The zero-order chi connectivity index (χ0) is 10.4. The first-order valence-corrected chi connectivity index (χ1v) is 5.78. The van der Waals surface area contributed by atoms with Crippen molar-refractivity contribution in [1.82, 2.24) is 5.06 Å². The number of rotatable bonds is 5. The van der Waals surface area contributed by atoms with Crippen LogP contribution in [0.2, 0.25) is 0 Å². The van der Waals surface area contributed by atoms with Crippen LogP contribution in [0.4, 0.5) is 0 Å². The van der Waals surface area contributed by atoms with Crippen LogP contribution in [0.3, 0.4) is 0 Å². The highest BCUT2D eigenvalue weighted by Crippen LogP contribution is 2.21. The molecule has 0 radical (unpaired) electrons. The molecule has 1 rings (SSSR count). The Kier molecular flexibility index (Phi) is 5.20. The monoisotopic (exact) mass is 197 g/mol. The van der Waals surface area contributed by atoms with Crippen LogP contribution in [0, 0.1) is 0 Å². The van der Waals surface area contributed by atoms with Crippen LogP contribution < -0.4 is 0 Å². The molecule has 1 fully saturated rings. The summed E-state index contributed by atoms with van der Waals surface area (Å²) in [5.41, 5.74) is 1.10. The summed E-state index contributed by atoms with van der Waals surface area (Å²) >= 11 is 0. The maximum Gasteiger partial charge on any atom is 0.0890 e. The highest BCUT2D eigenvalue weighted by molar-refractivity contribution is 4.87. The van der Waals surface area contributed by atoms with Gasteiger partial charge in [0.1, 0.15) is 0 Å². The van der Waals surface area contributed by atoms with Gasteiger partial charge < -0.3 is 0 Å². The summed E-state index contributed by atoms with van der Waals surface area (Å²) in [6.07, 6.45) is 6.44. The van der Waals surface area contributed by atoms with Crippen LogP contribution in [-0.2, 0) is 4.84 Å². The summed E-state index contributed by atoms with van der Waals surface area (Å²) in [7, 11) is 0. The van der Waals surface area contributed by atoms with Gasteiger partial charge in [0.05, 0.1) is 6.61 Å². The number of piperidine rings is 1. The van der Waals surface area contributed by atoms with E-state index in [4.69, 9.17) is 4.84 Å². The first-order chi connectivity index (χ1) is 6.74. The van der Waals surface area contributed by atoms with Crippen LogP contribution in [-0.4, -0.2) is 24.3 Å². The second kappa shape index (κ2) is 6.20. The molecule has 0 N–H and O–H groups in total. The van der Waals surface area contributed by atoms with Crippen molar-refractivity contribution in [3.05, 3.63) is 12.2 Å². The minimum absolute atomic E-state index is 0.646. The van der Waals surface area contributed by atoms with Crippen molar-refractivity contribution < 1.29 is 4.84 Å². The summed E-state index contributed by atoms with van der Waals surface area (Å²) in [5.74, 6) is 0. The molecule has 1 saturated heterocycles. The number of hydrogen-bond donors (Lipinski definition) is 0. The molecule has 2 heteroatoms. The van der Waals surface area contributed by atoms with Crippen molar-refractivity contribution in [2.75, 3.05) is 13.2 Å². The normalized spacial score (nSPS) is 23.7. The molecular weight excluding hydrogens is 174 g/mol. The Morgan fingerprint density at radius 1 is 1.50 bits per heavy atom. The van der Waals surface area contributed by atoms with Gasteiger partial charge in [0.25, 0.3) is 0 Å². The first kappa shape index (κ1) is 11.7. The van der Waals surface area contributed by atoms with Crippen LogP contribution in [0.15, 0.2) is 12.2 Å². The molecule has 1 aliphatic rings. The third-order valence-corrected chi connectivity index (χ3v) is 2.67.